The third kappa shape index (κ3) is 1.56. The Balaban J connectivity index is 1.95. The molecule has 0 aliphatic heterocycles. The Kier molecular flexibility index (Phi) is 2.22. The Morgan fingerprint density at radius 1 is 1.47 bits per heavy atom. The summed E-state index contributed by atoms with van der Waals surface area (Å²) in [6, 6.07) is 4.45. The Bertz CT molecular complexity index is 473. The van der Waals surface area contributed by atoms with Crippen molar-refractivity contribution >= 4 is 21.6 Å². The molecule has 0 amide bonds. The molecule has 78 valence electrons. The predicted molar refractivity (Wildman–Crippen MR) is 63.9 cm³/mol. The highest BCUT2D eigenvalue weighted by Crippen LogP contribution is 2.36. The van der Waals surface area contributed by atoms with Crippen LogP contribution in [0.2, 0.25) is 0 Å². The number of nitrogens with two attached hydrogens (primary N) is 1. The van der Waals surface area contributed by atoms with Gasteiger partial charge in [0.15, 0.2) is 0 Å². The van der Waals surface area contributed by atoms with E-state index >= 15 is 0 Å². The molecule has 2 nitrogen and oxygen atoms in total. The van der Waals surface area contributed by atoms with Gasteiger partial charge in [0.25, 0.3) is 0 Å². The molecule has 3 rings (SSSR count). The topological polar surface area (TPSA) is 38.9 Å². The molecular formula is C12H14N2S. The van der Waals surface area contributed by atoms with Crippen molar-refractivity contribution in [3.63, 3.8) is 0 Å². The van der Waals surface area contributed by atoms with Crippen LogP contribution in [-0.4, -0.2) is 4.98 Å². The number of thiophene rings is 1. The van der Waals surface area contributed by atoms with Gasteiger partial charge in [-0.25, -0.2) is 0 Å². The second-order valence-electron chi connectivity index (χ2n) is 4.29. The van der Waals surface area contributed by atoms with Crippen molar-refractivity contribution in [1.29, 1.82) is 0 Å². The molecule has 1 aliphatic rings. The van der Waals surface area contributed by atoms with Gasteiger partial charge in [0.05, 0.1) is 10.2 Å². The minimum atomic E-state index is 0.192. The predicted octanol–water partition coefficient (Wildman–Crippen LogP) is 3.10. The van der Waals surface area contributed by atoms with Crippen LogP contribution in [0.4, 0.5) is 0 Å². The first-order valence-corrected chi connectivity index (χ1v) is 6.31. The molecule has 0 radical (unpaired) electrons. The van der Waals surface area contributed by atoms with Crippen molar-refractivity contribution in [3.05, 3.63) is 29.3 Å². The largest absolute Gasteiger partial charge is 0.324 e. The third-order valence-electron chi connectivity index (χ3n) is 3.37. The van der Waals surface area contributed by atoms with Gasteiger partial charge < -0.3 is 5.73 Å². The fraction of sp³-hybridized carbons (Fsp3) is 0.417. The fourth-order valence-corrected chi connectivity index (χ4v) is 2.90. The highest BCUT2D eigenvalue weighted by molar-refractivity contribution is 7.17. The molecule has 1 atom stereocenters. The number of rotatable bonds is 2. The Morgan fingerprint density at radius 3 is 3.07 bits per heavy atom. The number of hydrogen-bond donors (Lipinski definition) is 1. The molecule has 2 N–H and O–H groups in total. The minimum absolute atomic E-state index is 0.192. The van der Waals surface area contributed by atoms with Crippen LogP contribution in [-0.2, 0) is 0 Å². The molecule has 2 aromatic rings. The Labute approximate surface area is 93.1 Å². The summed E-state index contributed by atoms with van der Waals surface area (Å²) < 4.78 is 1.25. The second kappa shape index (κ2) is 3.58. The van der Waals surface area contributed by atoms with Crippen LogP contribution in [0.25, 0.3) is 10.2 Å². The van der Waals surface area contributed by atoms with Crippen molar-refractivity contribution in [1.82, 2.24) is 4.98 Å². The third-order valence-corrected chi connectivity index (χ3v) is 4.22. The SMILES string of the molecule is NC(c1cnc2ccsc2c1)C1CCC1. The lowest BCUT2D eigenvalue weighted by Gasteiger charge is -2.31. The van der Waals surface area contributed by atoms with Crippen LogP contribution >= 0.6 is 11.3 Å². The summed E-state index contributed by atoms with van der Waals surface area (Å²) >= 11 is 1.74. The van der Waals surface area contributed by atoms with E-state index in [1.807, 2.05) is 6.20 Å². The lowest BCUT2D eigenvalue weighted by atomic mass is 9.78. The van der Waals surface area contributed by atoms with Gasteiger partial charge in [-0.05, 0) is 41.8 Å². The summed E-state index contributed by atoms with van der Waals surface area (Å²) in [6.07, 6.45) is 5.85. The van der Waals surface area contributed by atoms with Crippen LogP contribution < -0.4 is 5.73 Å². The summed E-state index contributed by atoms with van der Waals surface area (Å²) in [4.78, 5) is 4.43. The standard InChI is InChI=1S/C12H14N2S/c13-12(8-2-1-3-8)9-6-11-10(14-7-9)4-5-15-11/h4-8,12H,1-3,13H2. The summed E-state index contributed by atoms with van der Waals surface area (Å²) in [6.45, 7) is 0. The summed E-state index contributed by atoms with van der Waals surface area (Å²) in [7, 11) is 0. The highest BCUT2D eigenvalue weighted by Gasteiger charge is 2.25. The molecule has 2 aromatic heterocycles. The molecule has 15 heavy (non-hydrogen) atoms. The molecule has 2 heterocycles. The van der Waals surface area contributed by atoms with Gasteiger partial charge in [-0.1, -0.05) is 6.42 Å². The molecule has 0 spiro atoms. The van der Waals surface area contributed by atoms with Crippen LogP contribution in [0, 0.1) is 5.92 Å². The van der Waals surface area contributed by atoms with E-state index in [9.17, 15) is 0 Å². The van der Waals surface area contributed by atoms with Crippen molar-refractivity contribution in [2.75, 3.05) is 0 Å². The van der Waals surface area contributed by atoms with Crippen LogP contribution in [0.1, 0.15) is 30.9 Å². The van der Waals surface area contributed by atoms with Crippen molar-refractivity contribution < 1.29 is 0 Å². The van der Waals surface area contributed by atoms with Crippen molar-refractivity contribution in [2.45, 2.75) is 25.3 Å². The number of nitrogens with zero attached hydrogens (tertiary/aromatic N) is 1. The molecule has 0 saturated heterocycles. The molecule has 0 bridgehead atoms. The van der Waals surface area contributed by atoms with E-state index < -0.39 is 0 Å². The van der Waals surface area contributed by atoms with E-state index in [-0.39, 0.29) is 6.04 Å². The minimum Gasteiger partial charge on any atom is -0.324 e. The summed E-state index contributed by atoms with van der Waals surface area (Å²) in [5, 5.41) is 2.08. The van der Waals surface area contributed by atoms with Gasteiger partial charge >= 0.3 is 0 Å². The second-order valence-corrected chi connectivity index (χ2v) is 5.24. The van der Waals surface area contributed by atoms with Gasteiger partial charge in [0.1, 0.15) is 0 Å². The van der Waals surface area contributed by atoms with Crippen LogP contribution in [0.3, 0.4) is 0 Å². The smallest absolute Gasteiger partial charge is 0.0809 e. The first kappa shape index (κ1) is 9.31. The normalized spacial score (nSPS) is 19.0. The number of fused-ring (bicyclic) bond motifs is 1. The Hall–Kier alpha value is -0.930. The van der Waals surface area contributed by atoms with E-state index in [0.717, 1.165) is 5.52 Å². The van der Waals surface area contributed by atoms with Crippen molar-refractivity contribution in [2.24, 2.45) is 11.7 Å². The first-order valence-electron chi connectivity index (χ1n) is 5.43. The van der Waals surface area contributed by atoms with E-state index in [2.05, 4.69) is 22.5 Å². The van der Waals surface area contributed by atoms with Gasteiger partial charge in [-0.15, -0.1) is 11.3 Å². The molecule has 1 aliphatic carbocycles. The van der Waals surface area contributed by atoms with Crippen molar-refractivity contribution in [3.8, 4) is 0 Å². The lowest BCUT2D eigenvalue weighted by Crippen LogP contribution is -2.26. The zero-order valence-electron chi connectivity index (χ0n) is 8.52. The first-order chi connectivity index (χ1) is 7.34. The highest BCUT2D eigenvalue weighted by atomic mass is 32.1. The van der Waals surface area contributed by atoms with Crippen LogP contribution in [0.15, 0.2) is 23.7 Å². The molecule has 3 heteroatoms. The molecule has 1 unspecified atom stereocenters. The van der Waals surface area contributed by atoms with Crippen LogP contribution in [0.5, 0.6) is 0 Å². The molecule has 1 fully saturated rings. The van der Waals surface area contributed by atoms with Gasteiger partial charge in [0.2, 0.25) is 0 Å². The van der Waals surface area contributed by atoms with E-state index in [1.165, 1.54) is 29.5 Å². The quantitative estimate of drug-likeness (QED) is 0.841. The molecule has 0 aromatic carbocycles. The van der Waals surface area contributed by atoms with E-state index in [0.29, 0.717) is 5.92 Å². The van der Waals surface area contributed by atoms with E-state index in [4.69, 9.17) is 5.73 Å². The summed E-state index contributed by atoms with van der Waals surface area (Å²) in [5.41, 5.74) is 8.52. The number of hydrogen-bond acceptors (Lipinski definition) is 3. The number of pyridine rings is 1. The van der Waals surface area contributed by atoms with Gasteiger partial charge in [-0.2, -0.15) is 0 Å². The molecule has 1 saturated carbocycles. The average Bonchev–Trinajstić information content (AvgIpc) is 2.61. The summed E-state index contributed by atoms with van der Waals surface area (Å²) in [5.74, 6) is 0.684. The Morgan fingerprint density at radius 2 is 2.33 bits per heavy atom. The monoisotopic (exact) mass is 218 g/mol. The maximum Gasteiger partial charge on any atom is 0.0809 e. The van der Waals surface area contributed by atoms with E-state index in [1.54, 1.807) is 11.3 Å². The average molecular weight is 218 g/mol. The molecular weight excluding hydrogens is 204 g/mol. The van der Waals surface area contributed by atoms with Gasteiger partial charge in [0, 0.05) is 12.2 Å². The zero-order valence-corrected chi connectivity index (χ0v) is 9.33. The maximum absolute atomic E-state index is 6.22. The number of aromatic nitrogens is 1. The zero-order chi connectivity index (χ0) is 10.3. The maximum atomic E-state index is 6.22. The van der Waals surface area contributed by atoms with Gasteiger partial charge in [-0.3, -0.25) is 4.98 Å². The lowest BCUT2D eigenvalue weighted by molar-refractivity contribution is 0.264. The fourth-order valence-electron chi connectivity index (χ4n) is 2.12.